The standard InChI is InChI=1S/C17H25N5O2/c1-17(2,3)13-5-6-14(21-20-13)22-9-11(10-22)8-18-16(24)12-4-7-15(23)19-12/h5-6,11-12H,4,7-10H2,1-3H3,(H,18,24)(H,19,23). The zero-order valence-corrected chi connectivity index (χ0v) is 14.5. The molecule has 130 valence electrons. The molecular formula is C17H25N5O2. The Morgan fingerprint density at radius 2 is 2.08 bits per heavy atom. The monoisotopic (exact) mass is 331 g/mol. The normalized spacial score (nSPS) is 21.4. The van der Waals surface area contributed by atoms with E-state index >= 15 is 0 Å². The topological polar surface area (TPSA) is 87.2 Å². The molecule has 7 heteroatoms. The summed E-state index contributed by atoms with van der Waals surface area (Å²) in [4.78, 5) is 25.3. The first-order valence-corrected chi connectivity index (χ1v) is 8.49. The van der Waals surface area contributed by atoms with E-state index in [0.717, 1.165) is 24.6 Å². The fourth-order valence-corrected chi connectivity index (χ4v) is 2.96. The molecular weight excluding hydrogens is 306 g/mol. The Morgan fingerprint density at radius 1 is 1.33 bits per heavy atom. The number of anilines is 1. The fraction of sp³-hybridized carbons (Fsp3) is 0.647. The summed E-state index contributed by atoms with van der Waals surface area (Å²) in [5.74, 6) is 1.18. The Hall–Kier alpha value is -2.18. The van der Waals surface area contributed by atoms with E-state index in [-0.39, 0.29) is 23.3 Å². The van der Waals surface area contributed by atoms with Crippen molar-refractivity contribution in [3.63, 3.8) is 0 Å². The number of carbonyl (C=O) groups excluding carboxylic acids is 2. The van der Waals surface area contributed by atoms with Crippen LogP contribution in [0.3, 0.4) is 0 Å². The van der Waals surface area contributed by atoms with Crippen LogP contribution in [0.4, 0.5) is 5.82 Å². The van der Waals surface area contributed by atoms with Crippen molar-refractivity contribution >= 4 is 17.6 Å². The van der Waals surface area contributed by atoms with Crippen molar-refractivity contribution in [3.8, 4) is 0 Å². The summed E-state index contributed by atoms with van der Waals surface area (Å²) < 4.78 is 0. The summed E-state index contributed by atoms with van der Waals surface area (Å²) >= 11 is 0. The van der Waals surface area contributed by atoms with Crippen molar-refractivity contribution in [3.05, 3.63) is 17.8 Å². The predicted molar refractivity (Wildman–Crippen MR) is 90.6 cm³/mol. The van der Waals surface area contributed by atoms with Crippen LogP contribution in [0.25, 0.3) is 0 Å². The number of aromatic nitrogens is 2. The van der Waals surface area contributed by atoms with Gasteiger partial charge in [0.2, 0.25) is 11.8 Å². The zero-order valence-electron chi connectivity index (χ0n) is 14.5. The van der Waals surface area contributed by atoms with Gasteiger partial charge >= 0.3 is 0 Å². The van der Waals surface area contributed by atoms with Gasteiger partial charge in [0.1, 0.15) is 6.04 Å². The van der Waals surface area contributed by atoms with E-state index < -0.39 is 0 Å². The third kappa shape index (κ3) is 3.66. The van der Waals surface area contributed by atoms with Crippen LogP contribution in [0.1, 0.15) is 39.3 Å². The van der Waals surface area contributed by atoms with Crippen molar-refractivity contribution in [2.24, 2.45) is 5.92 Å². The van der Waals surface area contributed by atoms with Crippen molar-refractivity contribution < 1.29 is 9.59 Å². The summed E-state index contributed by atoms with van der Waals surface area (Å²) in [6.07, 6.45) is 1.04. The van der Waals surface area contributed by atoms with Crippen LogP contribution in [0.5, 0.6) is 0 Å². The number of nitrogens with one attached hydrogen (secondary N) is 2. The van der Waals surface area contributed by atoms with E-state index in [1.54, 1.807) is 0 Å². The van der Waals surface area contributed by atoms with Gasteiger partial charge in [0.05, 0.1) is 5.69 Å². The van der Waals surface area contributed by atoms with Gasteiger partial charge < -0.3 is 15.5 Å². The van der Waals surface area contributed by atoms with Gasteiger partial charge in [-0.2, -0.15) is 5.10 Å². The van der Waals surface area contributed by atoms with Gasteiger partial charge in [-0.3, -0.25) is 9.59 Å². The van der Waals surface area contributed by atoms with E-state index in [1.807, 2.05) is 12.1 Å². The van der Waals surface area contributed by atoms with Gasteiger partial charge in [-0.25, -0.2) is 0 Å². The Labute approximate surface area is 142 Å². The summed E-state index contributed by atoms with van der Waals surface area (Å²) in [6, 6.07) is 3.68. The largest absolute Gasteiger partial charge is 0.354 e. The molecule has 2 amide bonds. The van der Waals surface area contributed by atoms with Crippen LogP contribution < -0.4 is 15.5 Å². The first-order chi connectivity index (χ1) is 11.3. The van der Waals surface area contributed by atoms with Crippen molar-refractivity contribution in [2.45, 2.75) is 45.1 Å². The van der Waals surface area contributed by atoms with Crippen molar-refractivity contribution in [1.29, 1.82) is 0 Å². The highest BCUT2D eigenvalue weighted by molar-refractivity contribution is 5.90. The molecule has 1 atom stereocenters. The maximum Gasteiger partial charge on any atom is 0.242 e. The molecule has 0 bridgehead atoms. The molecule has 3 rings (SSSR count). The maximum atomic E-state index is 12.0. The molecule has 0 saturated carbocycles. The highest BCUT2D eigenvalue weighted by atomic mass is 16.2. The lowest BCUT2D eigenvalue weighted by Gasteiger charge is -2.40. The number of hydrogen-bond donors (Lipinski definition) is 2. The van der Waals surface area contributed by atoms with Crippen molar-refractivity contribution in [1.82, 2.24) is 20.8 Å². The highest BCUT2D eigenvalue weighted by Crippen LogP contribution is 2.24. The first-order valence-electron chi connectivity index (χ1n) is 8.49. The second-order valence-corrected chi connectivity index (χ2v) is 7.70. The predicted octanol–water partition coefficient (Wildman–Crippen LogP) is 0.605. The van der Waals surface area contributed by atoms with Crippen LogP contribution in [-0.4, -0.2) is 47.7 Å². The molecule has 7 nitrogen and oxygen atoms in total. The lowest BCUT2D eigenvalue weighted by molar-refractivity contribution is -0.125. The van der Waals surface area contributed by atoms with E-state index in [0.29, 0.717) is 25.3 Å². The van der Waals surface area contributed by atoms with Crippen LogP contribution in [0.15, 0.2) is 12.1 Å². The SMILES string of the molecule is CC(C)(C)c1ccc(N2CC(CNC(=O)C3CCC(=O)N3)C2)nn1. The minimum atomic E-state index is -0.357. The van der Waals surface area contributed by atoms with Gasteiger partial charge in [-0.05, 0) is 18.6 Å². The number of carbonyl (C=O) groups is 2. The number of amides is 2. The molecule has 0 aromatic carbocycles. The van der Waals surface area contributed by atoms with Crippen LogP contribution in [0.2, 0.25) is 0 Å². The third-order valence-corrected chi connectivity index (χ3v) is 4.58. The Bertz CT molecular complexity index is 617. The summed E-state index contributed by atoms with van der Waals surface area (Å²) in [7, 11) is 0. The van der Waals surface area contributed by atoms with Crippen LogP contribution in [-0.2, 0) is 15.0 Å². The lowest BCUT2D eigenvalue weighted by atomic mass is 9.92. The van der Waals surface area contributed by atoms with Gasteiger partial charge in [0.15, 0.2) is 5.82 Å². The Balaban J connectivity index is 1.42. The second kappa shape index (κ2) is 6.37. The summed E-state index contributed by atoms with van der Waals surface area (Å²) in [6.45, 7) is 8.71. The quantitative estimate of drug-likeness (QED) is 0.844. The molecule has 1 aromatic rings. The lowest BCUT2D eigenvalue weighted by Crippen LogP contribution is -2.53. The van der Waals surface area contributed by atoms with Crippen LogP contribution in [0, 0.1) is 5.92 Å². The molecule has 0 spiro atoms. The van der Waals surface area contributed by atoms with E-state index in [9.17, 15) is 9.59 Å². The summed E-state index contributed by atoms with van der Waals surface area (Å²) in [5, 5.41) is 14.2. The van der Waals surface area contributed by atoms with Crippen molar-refractivity contribution in [2.75, 3.05) is 24.5 Å². The van der Waals surface area contributed by atoms with Gasteiger partial charge in [0.25, 0.3) is 0 Å². The smallest absolute Gasteiger partial charge is 0.242 e. The van der Waals surface area contributed by atoms with Gasteiger partial charge in [0, 0.05) is 37.4 Å². The van der Waals surface area contributed by atoms with E-state index in [1.165, 1.54) is 0 Å². The Morgan fingerprint density at radius 3 is 2.62 bits per heavy atom. The molecule has 2 N–H and O–H groups in total. The second-order valence-electron chi connectivity index (χ2n) is 7.70. The van der Waals surface area contributed by atoms with Gasteiger partial charge in [-0.15, -0.1) is 5.10 Å². The molecule has 2 aliphatic heterocycles. The maximum absolute atomic E-state index is 12.0. The molecule has 1 aromatic heterocycles. The van der Waals surface area contributed by atoms with Gasteiger partial charge in [-0.1, -0.05) is 20.8 Å². The average molecular weight is 331 g/mol. The minimum Gasteiger partial charge on any atom is -0.354 e. The number of rotatable bonds is 4. The molecule has 0 radical (unpaired) electrons. The minimum absolute atomic E-state index is 0.00293. The molecule has 0 aliphatic carbocycles. The van der Waals surface area contributed by atoms with Crippen LogP contribution >= 0.6 is 0 Å². The molecule has 1 unspecified atom stereocenters. The fourth-order valence-electron chi connectivity index (χ4n) is 2.96. The number of hydrogen-bond acceptors (Lipinski definition) is 5. The Kier molecular flexibility index (Phi) is 4.43. The molecule has 24 heavy (non-hydrogen) atoms. The highest BCUT2D eigenvalue weighted by Gasteiger charge is 2.31. The summed E-state index contributed by atoms with van der Waals surface area (Å²) in [5.41, 5.74) is 0.984. The van der Waals surface area contributed by atoms with E-state index in [2.05, 4.69) is 46.5 Å². The van der Waals surface area contributed by atoms with E-state index in [4.69, 9.17) is 0 Å². The molecule has 3 heterocycles. The third-order valence-electron chi connectivity index (χ3n) is 4.58. The molecule has 2 fully saturated rings. The number of nitrogens with zero attached hydrogens (tertiary/aromatic N) is 3. The molecule has 2 saturated heterocycles. The zero-order chi connectivity index (χ0) is 17.3. The average Bonchev–Trinajstić information content (AvgIpc) is 2.91. The first kappa shape index (κ1) is 16.7. The molecule has 2 aliphatic rings.